The number of aliphatic hydroxyl groups is 2. The van der Waals surface area contributed by atoms with Gasteiger partial charge in [0, 0.05) is 17.5 Å². The third kappa shape index (κ3) is 2.45. The Hall–Kier alpha value is -1.27. The predicted octanol–water partition coefficient (Wildman–Crippen LogP) is 1.09. The molecule has 8 heteroatoms. The number of aromatic nitrogens is 2. The van der Waals surface area contributed by atoms with Crippen molar-refractivity contribution in [3.63, 3.8) is 0 Å². The van der Waals surface area contributed by atoms with Gasteiger partial charge in [0.25, 0.3) is 0 Å². The van der Waals surface area contributed by atoms with Crippen molar-refractivity contribution in [1.82, 2.24) is 9.78 Å². The van der Waals surface area contributed by atoms with Crippen LogP contribution >= 0.6 is 11.6 Å². The summed E-state index contributed by atoms with van der Waals surface area (Å²) in [7, 11) is 1.63. The summed E-state index contributed by atoms with van der Waals surface area (Å²) in [5, 5.41) is 26.8. The second-order valence-electron chi connectivity index (χ2n) is 3.34. The highest BCUT2D eigenvalue weighted by atomic mass is 35.5. The molecule has 1 aromatic heterocycles. The van der Waals surface area contributed by atoms with E-state index in [0.717, 1.165) is 0 Å². The summed E-state index contributed by atoms with van der Waals surface area (Å²) in [6.45, 7) is 1.45. The molecule has 1 heterocycles. The van der Waals surface area contributed by atoms with E-state index in [0.29, 0.717) is 11.3 Å². The Morgan fingerprint density at radius 3 is 2.69 bits per heavy atom. The normalized spacial score (nSPS) is 14.3. The molecule has 0 saturated carbocycles. The molecular formula is C8H12ClN5O2. The van der Waals surface area contributed by atoms with Gasteiger partial charge in [0.05, 0.1) is 18.3 Å². The zero-order valence-corrected chi connectivity index (χ0v) is 9.63. The fraction of sp³-hybridized carbons (Fsp3) is 0.625. The Morgan fingerprint density at radius 1 is 1.62 bits per heavy atom. The molecule has 0 bridgehead atoms. The standard InChI is InChI=1S/C8H12ClN5O2/c1-4-6(8(9)14(2)12-4)7(16)5(15)3-11-13-10/h5,7,15-16H,3H2,1-2H3. The number of halogens is 1. The van der Waals surface area contributed by atoms with Gasteiger partial charge in [-0.2, -0.15) is 5.10 Å². The lowest BCUT2D eigenvalue weighted by Gasteiger charge is -2.15. The first kappa shape index (κ1) is 12.8. The maximum Gasteiger partial charge on any atom is 0.132 e. The molecule has 0 saturated heterocycles. The molecule has 0 aromatic carbocycles. The average molecular weight is 246 g/mol. The molecule has 0 aliphatic rings. The Balaban J connectivity index is 2.95. The second-order valence-corrected chi connectivity index (χ2v) is 3.70. The van der Waals surface area contributed by atoms with Crippen molar-refractivity contribution in [3.05, 3.63) is 26.9 Å². The molecule has 0 amide bonds. The zero-order chi connectivity index (χ0) is 12.3. The van der Waals surface area contributed by atoms with Gasteiger partial charge in [-0.15, -0.1) is 0 Å². The summed E-state index contributed by atoms with van der Waals surface area (Å²) in [5.41, 5.74) is 8.98. The van der Waals surface area contributed by atoms with Crippen LogP contribution in [0, 0.1) is 6.92 Å². The van der Waals surface area contributed by atoms with Gasteiger partial charge in [0.2, 0.25) is 0 Å². The Bertz CT molecular complexity index is 426. The summed E-state index contributed by atoms with van der Waals surface area (Å²) >= 11 is 5.91. The molecule has 16 heavy (non-hydrogen) atoms. The van der Waals surface area contributed by atoms with Gasteiger partial charge in [-0.3, -0.25) is 4.68 Å². The largest absolute Gasteiger partial charge is 0.390 e. The maximum absolute atomic E-state index is 9.82. The third-order valence-corrected chi connectivity index (χ3v) is 2.64. The number of rotatable bonds is 4. The van der Waals surface area contributed by atoms with E-state index in [1.807, 2.05) is 0 Å². The minimum Gasteiger partial charge on any atom is -0.390 e. The zero-order valence-electron chi connectivity index (χ0n) is 8.87. The Labute approximate surface area is 96.9 Å². The van der Waals surface area contributed by atoms with Crippen molar-refractivity contribution in [2.75, 3.05) is 6.54 Å². The summed E-state index contributed by atoms with van der Waals surface area (Å²) in [6.07, 6.45) is -2.41. The number of hydrogen-bond acceptors (Lipinski definition) is 4. The van der Waals surface area contributed by atoms with Crippen molar-refractivity contribution >= 4 is 11.6 Å². The molecule has 88 valence electrons. The number of hydrogen-bond donors (Lipinski definition) is 2. The van der Waals surface area contributed by atoms with Crippen molar-refractivity contribution in [2.24, 2.45) is 12.2 Å². The van der Waals surface area contributed by atoms with E-state index < -0.39 is 12.2 Å². The molecule has 2 N–H and O–H groups in total. The summed E-state index contributed by atoms with van der Waals surface area (Å²) in [6, 6.07) is 0. The fourth-order valence-corrected chi connectivity index (χ4v) is 1.68. The smallest absolute Gasteiger partial charge is 0.132 e. The van der Waals surface area contributed by atoms with Crippen LogP contribution in [0.25, 0.3) is 10.4 Å². The van der Waals surface area contributed by atoms with Crippen LogP contribution in [0.3, 0.4) is 0 Å². The summed E-state index contributed by atoms with van der Waals surface area (Å²) in [4.78, 5) is 2.50. The van der Waals surface area contributed by atoms with Crippen molar-refractivity contribution < 1.29 is 10.2 Å². The fourth-order valence-electron chi connectivity index (χ4n) is 1.39. The van der Waals surface area contributed by atoms with Gasteiger partial charge in [0.15, 0.2) is 0 Å². The first-order valence-electron chi connectivity index (χ1n) is 4.55. The molecule has 1 rings (SSSR count). The number of azide groups is 1. The van der Waals surface area contributed by atoms with Gasteiger partial charge in [-0.25, -0.2) is 0 Å². The lowest BCUT2D eigenvalue weighted by Crippen LogP contribution is -2.21. The molecule has 2 unspecified atom stereocenters. The average Bonchev–Trinajstić information content (AvgIpc) is 2.49. The molecule has 0 aliphatic heterocycles. The molecule has 1 aromatic rings. The van der Waals surface area contributed by atoms with E-state index in [2.05, 4.69) is 15.1 Å². The van der Waals surface area contributed by atoms with Crippen LogP contribution in [0.1, 0.15) is 17.4 Å². The van der Waals surface area contributed by atoms with Crippen LogP contribution in [-0.4, -0.2) is 32.6 Å². The van der Waals surface area contributed by atoms with Crippen LogP contribution in [0.2, 0.25) is 5.15 Å². The Morgan fingerprint density at radius 2 is 2.25 bits per heavy atom. The van der Waals surface area contributed by atoms with E-state index >= 15 is 0 Å². The van der Waals surface area contributed by atoms with E-state index in [9.17, 15) is 10.2 Å². The van der Waals surface area contributed by atoms with Crippen LogP contribution in [0.4, 0.5) is 0 Å². The highest BCUT2D eigenvalue weighted by molar-refractivity contribution is 6.30. The molecular weight excluding hydrogens is 234 g/mol. The topological polar surface area (TPSA) is 107 Å². The first-order valence-corrected chi connectivity index (χ1v) is 4.92. The minimum absolute atomic E-state index is 0.220. The third-order valence-electron chi connectivity index (χ3n) is 2.19. The second kappa shape index (κ2) is 5.18. The lowest BCUT2D eigenvalue weighted by molar-refractivity contribution is 0.0240. The highest BCUT2D eigenvalue weighted by Crippen LogP contribution is 2.28. The predicted molar refractivity (Wildman–Crippen MR) is 57.9 cm³/mol. The van der Waals surface area contributed by atoms with E-state index in [-0.39, 0.29) is 11.7 Å². The van der Waals surface area contributed by atoms with Crippen molar-refractivity contribution in [2.45, 2.75) is 19.1 Å². The van der Waals surface area contributed by atoms with Crippen LogP contribution in [0.5, 0.6) is 0 Å². The van der Waals surface area contributed by atoms with Gasteiger partial charge >= 0.3 is 0 Å². The van der Waals surface area contributed by atoms with Crippen molar-refractivity contribution in [3.8, 4) is 0 Å². The minimum atomic E-state index is -1.22. The quantitative estimate of drug-likeness (QED) is 0.471. The first-order chi connectivity index (χ1) is 7.49. The monoisotopic (exact) mass is 245 g/mol. The summed E-state index contributed by atoms with van der Waals surface area (Å²) in [5.74, 6) is 0. The maximum atomic E-state index is 9.82. The molecule has 0 fully saturated rings. The molecule has 0 aliphatic carbocycles. The number of aryl methyl sites for hydroxylation is 2. The summed E-state index contributed by atoms with van der Waals surface area (Å²) < 4.78 is 1.40. The number of aliphatic hydroxyl groups excluding tert-OH is 2. The van der Waals surface area contributed by atoms with E-state index in [1.165, 1.54) is 4.68 Å². The molecule has 0 radical (unpaired) electrons. The van der Waals surface area contributed by atoms with Gasteiger partial charge in [0.1, 0.15) is 11.3 Å². The van der Waals surface area contributed by atoms with Crippen LogP contribution in [0.15, 0.2) is 5.11 Å². The van der Waals surface area contributed by atoms with Crippen molar-refractivity contribution in [1.29, 1.82) is 0 Å². The SMILES string of the molecule is Cc1nn(C)c(Cl)c1C(O)C(O)CN=[N+]=[N-]. The highest BCUT2D eigenvalue weighted by Gasteiger charge is 2.25. The molecule has 7 nitrogen and oxygen atoms in total. The van der Waals surface area contributed by atoms with E-state index in [4.69, 9.17) is 17.1 Å². The van der Waals surface area contributed by atoms with E-state index in [1.54, 1.807) is 14.0 Å². The van der Waals surface area contributed by atoms with Gasteiger partial charge < -0.3 is 10.2 Å². The lowest BCUT2D eigenvalue weighted by atomic mass is 10.1. The Kier molecular flexibility index (Phi) is 4.14. The molecule has 2 atom stereocenters. The van der Waals surface area contributed by atoms with Crippen LogP contribution < -0.4 is 0 Å². The number of nitrogens with zero attached hydrogens (tertiary/aromatic N) is 5. The van der Waals surface area contributed by atoms with Gasteiger partial charge in [-0.05, 0) is 12.5 Å². The van der Waals surface area contributed by atoms with Crippen LogP contribution in [-0.2, 0) is 7.05 Å². The van der Waals surface area contributed by atoms with Gasteiger partial charge in [-0.1, -0.05) is 16.7 Å². The molecule has 0 spiro atoms.